The zero-order chi connectivity index (χ0) is 22.1. The summed E-state index contributed by atoms with van der Waals surface area (Å²) in [7, 11) is 0. The Balaban J connectivity index is 1.25. The predicted octanol–water partition coefficient (Wildman–Crippen LogP) is 4.06. The van der Waals surface area contributed by atoms with Gasteiger partial charge in [0.1, 0.15) is 0 Å². The van der Waals surface area contributed by atoms with Crippen LogP contribution in [0.1, 0.15) is 40.7 Å². The van der Waals surface area contributed by atoms with Gasteiger partial charge in [-0.3, -0.25) is 14.5 Å². The van der Waals surface area contributed by atoms with Gasteiger partial charge in [0, 0.05) is 52.2 Å². The molecule has 2 atom stereocenters. The lowest BCUT2D eigenvalue weighted by atomic mass is 9.84. The Bertz CT molecular complexity index is 982. The predicted molar refractivity (Wildman–Crippen MR) is 125 cm³/mol. The lowest BCUT2D eigenvalue weighted by Crippen LogP contribution is -2.53. The average molecular weight is 452 g/mol. The van der Waals surface area contributed by atoms with E-state index in [2.05, 4.69) is 35.2 Å². The minimum absolute atomic E-state index is 0.0239. The number of carbonyl (C=O) groups is 2. The van der Waals surface area contributed by atoms with Crippen LogP contribution in [0.2, 0.25) is 5.02 Å². The lowest BCUT2D eigenvalue weighted by Gasteiger charge is -2.46. The van der Waals surface area contributed by atoms with E-state index in [9.17, 15) is 9.59 Å². The normalized spacial score (nSPS) is 23.6. The van der Waals surface area contributed by atoms with E-state index in [1.807, 2.05) is 21.9 Å². The fraction of sp³-hybridized carbons (Fsp3) is 0.462. The van der Waals surface area contributed by atoms with E-state index in [1.54, 1.807) is 6.07 Å². The number of rotatable bonds is 5. The molecule has 0 spiro atoms. The van der Waals surface area contributed by atoms with Gasteiger partial charge in [0.15, 0.2) is 0 Å². The number of carbonyl (C=O) groups excluding carboxylic acids is 2. The lowest BCUT2D eigenvalue weighted by molar-refractivity contribution is -0.128. The summed E-state index contributed by atoms with van der Waals surface area (Å²) in [5.41, 5.74) is 2.89. The quantitative estimate of drug-likeness (QED) is 0.688. The molecule has 168 valence electrons. The van der Waals surface area contributed by atoms with E-state index in [-0.39, 0.29) is 11.8 Å². The van der Waals surface area contributed by atoms with Gasteiger partial charge in [-0.15, -0.1) is 0 Å². The van der Waals surface area contributed by atoms with E-state index < -0.39 is 0 Å². The third-order valence-corrected chi connectivity index (χ3v) is 7.33. The van der Waals surface area contributed by atoms with E-state index >= 15 is 0 Å². The third-order valence-electron chi connectivity index (χ3n) is 7.00. The maximum absolute atomic E-state index is 13.4. The minimum Gasteiger partial charge on any atom is -0.338 e. The number of hydrogen-bond donors (Lipinski definition) is 0. The highest BCUT2D eigenvalue weighted by Crippen LogP contribution is 2.31. The minimum atomic E-state index is 0.0239. The standard InChI is InChI=1S/C26H30ClN3O2/c27-24-9-8-20(16-29-10-4-7-25(29)31)12-23(24)26(32)30-17-21-11-22(18-30)15-28(14-21)13-19-5-2-1-3-6-19/h1-3,5-6,8-9,12,21-22H,4,7,10-11,13-18H2. The van der Waals surface area contributed by atoms with Gasteiger partial charge in [0.05, 0.1) is 10.6 Å². The molecule has 5 rings (SSSR count). The molecule has 2 unspecified atom stereocenters. The molecule has 3 aliphatic heterocycles. The van der Waals surface area contributed by atoms with Crippen LogP contribution in [0.4, 0.5) is 0 Å². The zero-order valence-electron chi connectivity index (χ0n) is 18.4. The second-order valence-electron chi connectivity index (χ2n) is 9.59. The van der Waals surface area contributed by atoms with Gasteiger partial charge >= 0.3 is 0 Å². The monoisotopic (exact) mass is 451 g/mol. The number of nitrogens with zero attached hydrogens (tertiary/aromatic N) is 3. The molecule has 0 aromatic heterocycles. The summed E-state index contributed by atoms with van der Waals surface area (Å²) < 4.78 is 0. The maximum Gasteiger partial charge on any atom is 0.255 e. The Kier molecular flexibility index (Phi) is 6.20. The Labute approximate surface area is 194 Å². The van der Waals surface area contributed by atoms with Crippen LogP contribution in [0, 0.1) is 11.8 Å². The molecule has 6 heteroatoms. The van der Waals surface area contributed by atoms with Gasteiger partial charge in [-0.05, 0) is 47.9 Å². The summed E-state index contributed by atoms with van der Waals surface area (Å²) in [5.74, 6) is 1.21. The van der Waals surface area contributed by atoms with Crippen molar-refractivity contribution in [2.24, 2.45) is 11.8 Å². The largest absolute Gasteiger partial charge is 0.338 e. The first-order valence-electron chi connectivity index (χ1n) is 11.7. The molecule has 0 radical (unpaired) electrons. The molecule has 2 amide bonds. The number of benzene rings is 2. The van der Waals surface area contributed by atoms with Crippen molar-refractivity contribution in [2.75, 3.05) is 32.7 Å². The second-order valence-corrected chi connectivity index (χ2v) is 10.00. The van der Waals surface area contributed by atoms with Crippen LogP contribution >= 0.6 is 11.6 Å². The number of likely N-dealkylation sites (tertiary alicyclic amines) is 3. The van der Waals surface area contributed by atoms with Crippen molar-refractivity contribution < 1.29 is 9.59 Å². The topological polar surface area (TPSA) is 43.9 Å². The first-order valence-corrected chi connectivity index (χ1v) is 12.0. The van der Waals surface area contributed by atoms with Crippen LogP contribution in [0.15, 0.2) is 48.5 Å². The smallest absolute Gasteiger partial charge is 0.255 e. The second kappa shape index (κ2) is 9.24. The van der Waals surface area contributed by atoms with Crippen LogP contribution in [0.3, 0.4) is 0 Å². The van der Waals surface area contributed by atoms with Gasteiger partial charge in [-0.1, -0.05) is 48.0 Å². The number of hydrogen-bond acceptors (Lipinski definition) is 3. The molecular weight excluding hydrogens is 422 g/mol. The van der Waals surface area contributed by atoms with Gasteiger partial charge < -0.3 is 9.80 Å². The van der Waals surface area contributed by atoms with Crippen LogP contribution in [0.5, 0.6) is 0 Å². The molecule has 2 aromatic carbocycles. The van der Waals surface area contributed by atoms with Crippen molar-refractivity contribution >= 4 is 23.4 Å². The molecule has 2 bridgehead atoms. The Morgan fingerprint density at radius 3 is 2.38 bits per heavy atom. The Morgan fingerprint density at radius 1 is 0.938 bits per heavy atom. The summed E-state index contributed by atoms with van der Waals surface area (Å²) >= 11 is 6.45. The van der Waals surface area contributed by atoms with E-state index in [4.69, 9.17) is 11.6 Å². The molecule has 0 N–H and O–H groups in total. The SMILES string of the molecule is O=C1CCCN1Cc1ccc(Cl)c(C(=O)N2CC3CC(CN(Cc4ccccc4)C3)C2)c1. The highest BCUT2D eigenvalue weighted by Gasteiger charge is 2.36. The highest BCUT2D eigenvalue weighted by atomic mass is 35.5. The summed E-state index contributed by atoms with van der Waals surface area (Å²) in [5, 5.41) is 0.493. The van der Waals surface area contributed by atoms with Crippen molar-refractivity contribution in [1.29, 1.82) is 0 Å². The van der Waals surface area contributed by atoms with Crippen molar-refractivity contribution in [2.45, 2.75) is 32.4 Å². The van der Waals surface area contributed by atoms with E-state index in [1.165, 1.54) is 12.0 Å². The summed E-state index contributed by atoms with van der Waals surface area (Å²) in [6, 6.07) is 16.2. The van der Waals surface area contributed by atoms with Crippen molar-refractivity contribution in [3.8, 4) is 0 Å². The van der Waals surface area contributed by atoms with Crippen LogP contribution in [-0.4, -0.2) is 59.2 Å². The first-order chi connectivity index (χ1) is 15.5. The molecule has 3 aliphatic rings. The molecular formula is C26H30ClN3O2. The van der Waals surface area contributed by atoms with Gasteiger partial charge in [-0.25, -0.2) is 0 Å². The third kappa shape index (κ3) is 4.69. The molecule has 5 nitrogen and oxygen atoms in total. The fourth-order valence-electron chi connectivity index (χ4n) is 5.62. The number of halogens is 1. The molecule has 3 saturated heterocycles. The number of fused-ring (bicyclic) bond motifs is 2. The average Bonchev–Trinajstić information content (AvgIpc) is 3.19. The number of piperidine rings is 2. The Morgan fingerprint density at radius 2 is 1.69 bits per heavy atom. The zero-order valence-corrected chi connectivity index (χ0v) is 19.1. The van der Waals surface area contributed by atoms with Gasteiger partial charge in [0.25, 0.3) is 5.91 Å². The van der Waals surface area contributed by atoms with Gasteiger partial charge in [-0.2, -0.15) is 0 Å². The summed E-state index contributed by atoms with van der Waals surface area (Å²) in [4.78, 5) is 31.8. The van der Waals surface area contributed by atoms with Crippen molar-refractivity contribution in [1.82, 2.24) is 14.7 Å². The van der Waals surface area contributed by atoms with Crippen molar-refractivity contribution in [3.05, 3.63) is 70.2 Å². The molecule has 3 heterocycles. The first kappa shape index (κ1) is 21.5. The van der Waals surface area contributed by atoms with Gasteiger partial charge in [0.2, 0.25) is 5.91 Å². The summed E-state index contributed by atoms with van der Waals surface area (Å²) in [6.45, 7) is 5.94. The van der Waals surface area contributed by atoms with Crippen LogP contribution < -0.4 is 0 Å². The molecule has 0 aliphatic carbocycles. The molecule has 32 heavy (non-hydrogen) atoms. The molecule has 3 fully saturated rings. The fourth-order valence-corrected chi connectivity index (χ4v) is 5.82. The maximum atomic E-state index is 13.4. The highest BCUT2D eigenvalue weighted by molar-refractivity contribution is 6.33. The van der Waals surface area contributed by atoms with Crippen LogP contribution in [0.25, 0.3) is 0 Å². The van der Waals surface area contributed by atoms with E-state index in [0.717, 1.165) is 51.3 Å². The van der Waals surface area contributed by atoms with Crippen molar-refractivity contribution in [3.63, 3.8) is 0 Å². The summed E-state index contributed by atoms with van der Waals surface area (Å²) in [6.07, 6.45) is 2.73. The van der Waals surface area contributed by atoms with Crippen LogP contribution in [-0.2, 0) is 17.9 Å². The number of amides is 2. The Hall–Kier alpha value is -2.37. The van der Waals surface area contributed by atoms with E-state index in [0.29, 0.717) is 35.4 Å². The molecule has 2 aromatic rings. The molecule has 0 saturated carbocycles.